The van der Waals surface area contributed by atoms with Crippen molar-refractivity contribution in [1.29, 1.82) is 0 Å². The minimum atomic E-state index is 0.218. The smallest absolute Gasteiger partial charge is 0.169 e. The molecule has 13 heavy (non-hydrogen) atoms. The zero-order valence-corrected chi connectivity index (χ0v) is 9.12. The molecule has 1 unspecified atom stereocenters. The first-order valence-electron chi connectivity index (χ1n) is 5.05. The van der Waals surface area contributed by atoms with Crippen LogP contribution in [-0.2, 0) is 5.54 Å². The molecule has 0 amide bonds. The van der Waals surface area contributed by atoms with Gasteiger partial charge in [0.25, 0.3) is 0 Å². The molecule has 0 saturated carbocycles. The summed E-state index contributed by atoms with van der Waals surface area (Å²) in [5.74, 6) is 0.694. The standard InChI is InChI=1S/C12H20N/c1-5-11(2)12(3,4)13-9-7-6-8-10-13/h6-11H,5H2,1-4H3/q+1. The summed E-state index contributed by atoms with van der Waals surface area (Å²) in [6, 6.07) is 6.23. The van der Waals surface area contributed by atoms with E-state index in [2.05, 4.69) is 62.9 Å². The number of hydrogen-bond donors (Lipinski definition) is 0. The molecule has 1 aromatic rings. The molecule has 1 heteroatoms. The van der Waals surface area contributed by atoms with E-state index in [1.807, 2.05) is 0 Å². The van der Waals surface area contributed by atoms with Gasteiger partial charge < -0.3 is 0 Å². The summed E-state index contributed by atoms with van der Waals surface area (Å²) < 4.78 is 2.29. The zero-order chi connectivity index (χ0) is 9.90. The van der Waals surface area contributed by atoms with Gasteiger partial charge in [-0.3, -0.25) is 0 Å². The molecule has 72 valence electrons. The molecular weight excluding hydrogens is 158 g/mol. The van der Waals surface area contributed by atoms with Gasteiger partial charge in [0.05, 0.1) is 0 Å². The van der Waals surface area contributed by atoms with Crippen molar-refractivity contribution in [1.82, 2.24) is 0 Å². The fourth-order valence-corrected chi connectivity index (χ4v) is 1.54. The van der Waals surface area contributed by atoms with Crippen molar-refractivity contribution in [3.8, 4) is 0 Å². The summed E-state index contributed by atoms with van der Waals surface area (Å²) in [6.45, 7) is 9.14. The van der Waals surface area contributed by atoms with Crippen LogP contribution in [0.15, 0.2) is 30.6 Å². The molecular formula is C12H20N+. The molecule has 0 aliphatic carbocycles. The quantitative estimate of drug-likeness (QED) is 0.627. The second-order valence-corrected chi connectivity index (χ2v) is 4.25. The van der Waals surface area contributed by atoms with E-state index in [4.69, 9.17) is 0 Å². The summed E-state index contributed by atoms with van der Waals surface area (Å²) in [7, 11) is 0. The lowest BCUT2D eigenvalue weighted by atomic mass is 9.86. The first-order chi connectivity index (χ1) is 6.09. The van der Waals surface area contributed by atoms with Gasteiger partial charge in [-0.15, -0.1) is 0 Å². The summed E-state index contributed by atoms with van der Waals surface area (Å²) >= 11 is 0. The maximum atomic E-state index is 2.31. The Hall–Kier alpha value is -0.850. The predicted molar refractivity (Wildman–Crippen MR) is 55.4 cm³/mol. The van der Waals surface area contributed by atoms with Crippen molar-refractivity contribution in [3.63, 3.8) is 0 Å². The van der Waals surface area contributed by atoms with Gasteiger partial charge in [0.1, 0.15) is 0 Å². The predicted octanol–water partition coefficient (Wildman–Crippen LogP) is 2.76. The van der Waals surface area contributed by atoms with Gasteiger partial charge in [0, 0.05) is 31.9 Å². The number of nitrogens with zero attached hydrogens (tertiary/aromatic N) is 1. The third kappa shape index (κ3) is 2.09. The van der Waals surface area contributed by atoms with Crippen molar-refractivity contribution < 1.29 is 4.57 Å². The van der Waals surface area contributed by atoms with Gasteiger partial charge >= 0.3 is 0 Å². The van der Waals surface area contributed by atoms with Gasteiger partial charge in [0.2, 0.25) is 0 Å². The van der Waals surface area contributed by atoms with Crippen LogP contribution in [0.2, 0.25) is 0 Å². The maximum Gasteiger partial charge on any atom is 0.169 e. The van der Waals surface area contributed by atoms with Crippen molar-refractivity contribution >= 4 is 0 Å². The number of aromatic nitrogens is 1. The minimum absolute atomic E-state index is 0.218. The first kappa shape index (κ1) is 10.2. The van der Waals surface area contributed by atoms with Crippen LogP contribution >= 0.6 is 0 Å². The van der Waals surface area contributed by atoms with Crippen molar-refractivity contribution in [2.75, 3.05) is 0 Å². The molecule has 0 aliphatic heterocycles. The number of hydrogen-bond acceptors (Lipinski definition) is 0. The third-order valence-corrected chi connectivity index (χ3v) is 3.20. The molecule has 0 saturated heterocycles. The van der Waals surface area contributed by atoms with Gasteiger partial charge in [0.15, 0.2) is 17.9 Å². The Morgan fingerprint density at radius 1 is 1.15 bits per heavy atom. The largest absolute Gasteiger partial charge is 0.200 e. The van der Waals surface area contributed by atoms with Gasteiger partial charge in [-0.05, 0) is 6.42 Å². The molecule has 1 rings (SSSR count). The van der Waals surface area contributed by atoms with E-state index in [0.717, 1.165) is 0 Å². The molecule has 0 N–H and O–H groups in total. The molecule has 0 fully saturated rings. The van der Waals surface area contributed by atoms with Crippen molar-refractivity contribution in [2.24, 2.45) is 5.92 Å². The molecule has 0 radical (unpaired) electrons. The average Bonchev–Trinajstić information content (AvgIpc) is 2.18. The second kappa shape index (κ2) is 3.91. The van der Waals surface area contributed by atoms with Crippen molar-refractivity contribution in [2.45, 2.75) is 39.7 Å². The Morgan fingerprint density at radius 2 is 1.69 bits per heavy atom. The van der Waals surface area contributed by atoms with E-state index in [1.165, 1.54) is 6.42 Å². The fraction of sp³-hybridized carbons (Fsp3) is 0.583. The van der Waals surface area contributed by atoms with Crippen LogP contribution in [0.4, 0.5) is 0 Å². The lowest BCUT2D eigenvalue weighted by molar-refractivity contribution is -0.765. The molecule has 0 aliphatic rings. The molecule has 0 aromatic carbocycles. The highest BCUT2D eigenvalue weighted by atomic mass is 15.0. The normalized spacial score (nSPS) is 14.2. The molecule has 0 bridgehead atoms. The maximum absolute atomic E-state index is 2.31. The average molecular weight is 178 g/mol. The highest BCUT2D eigenvalue weighted by molar-refractivity contribution is 4.85. The Kier molecular flexibility index (Phi) is 3.07. The molecule has 1 heterocycles. The Morgan fingerprint density at radius 3 is 2.15 bits per heavy atom. The highest BCUT2D eigenvalue weighted by Gasteiger charge is 2.33. The third-order valence-electron chi connectivity index (χ3n) is 3.20. The zero-order valence-electron chi connectivity index (χ0n) is 9.12. The van der Waals surface area contributed by atoms with E-state index in [0.29, 0.717) is 5.92 Å². The fourth-order valence-electron chi connectivity index (χ4n) is 1.54. The van der Waals surface area contributed by atoms with E-state index in [9.17, 15) is 0 Å². The number of pyridine rings is 1. The van der Waals surface area contributed by atoms with Crippen LogP contribution in [0.5, 0.6) is 0 Å². The Bertz CT molecular complexity index is 251. The Labute approximate surface area is 81.4 Å². The lowest BCUT2D eigenvalue weighted by Gasteiger charge is -2.25. The molecule has 0 spiro atoms. The van der Waals surface area contributed by atoms with Crippen LogP contribution in [0.25, 0.3) is 0 Å². The van der Waals surface area contributed by atoms with Crippen LogP contribution in [0, 0.1) is 5.92 Å². The SMILES string of the molecule is CCC(C)C(C)(C)[n+]1ccccc1. The molecule has 1 atom stereocenters. The van der Waals surface area contributed by atoms with Crippen LogP contribution in [0.3, 0.4) is 0 Å². The highest BCUT2D eigenvalue weighted by Crippen LogP contribution is 2.21. The molecule has 1 nitrogen and oxygen atoms in total. The van der Waals surface area contributed by atoms with Gasteiger partial charge in [-0.1, -0.05) is 19.9 Å². The van der Waals surface area contributed by atoms with E-state index < -0.39 is 0 Å². The van der Waals surface area contributed by atoms with E-state index in [-0.39, 0.29) is 5.54 Å². The second-order valence-electron chi connectivity index (χ2n) is 4.25. The first-order valence-corrected chi connectivity index (χ1v) is 5.05. The van der Waals surface area contributed by atoms with E-state index >= 15 is 0 Å². The summed E-state index contributed by atoms with van der Waals surface area (Å²) in [6.07, 6.45) is 5.51. The lowest BCUT2D eigenvalue weighted by Crippen LogP contribution is -2.55. The topological polar surface area (TPSA) is 3.88 Å². The van der Waals surface area contributed by atoms with Crippen LogP contribution < -0.4 is 4.57 Å². The molecule has 1 aromatic heterocycles. The van der Waals surface area contributed by atoms with Crippen molar-refractivity contribution in [3.05, 3.63) is 30.6 Å². The summed E-state index contributed by atoms with van der Waals surface area (Å²) in [5.41, 5.74) is 0.218. The Balaban J connectivity index is 2.93. The monoisotopic (exact) mass is 178 g/mol. The van der Waals surface area contributed by atoms with Gasteiger partial charge in [-0.2, -0.15) is 0 Å². The number of rotatable bonds is 3. The minimum Gasteiger partial charge on any atom is -0.200 e. The van der Waals surface area contributed by atoms with Gasteiger partial charge in [-0.25, -0.2) is 4.57 Å². The summed E-state index contributed by atoms with van der Waals surface area (Å²) in [5, 5.41) is 0. The summed E-state index contributed by atoms with van der Waals surface area (Å²) in [4.78, 5) is 0. The van der Waals surface area contributed by atoms with E-state index in [1.54, 1.807) is 0 Å². The van der Waals surface area contributed by atoms with Crippen LogP contribution in [0.1, 0.15) is 34.1 Å². The van der Waals surface area contributed by atoms with Crippen LogP contribution in [-0.4, -0.2) is 0 Å².